The number of nitrogens with one attached hydrogen (secondary N) is 1. The summed E-state index contributed by atoms with van der Waals surface area (Å²) in [5.41, 5.74) is 11.0. The van der Waals surface area contributed by atoms with Crippen molar-refractivity contribution in [1.82, 2.24) is 0 Å². The SMILES string of the molecule is C(=NOOCc1ccccc1)c1ccccc1.CC(=O)O.N=C(N)N. The van der Waals surface area contributed by atoms with E-state index in [1.165, 1.54) is 0 Å². The van der Waals surface area contributed by atoms with Crippen LogP contribution in [0.1, 0.15) is 18.1 Å². The van der Waals surface area contributed by atoms with Crippen LogP contribution in [0.2, 0.25) is 0 Å². The molecule has 2 aromatic carbocycles. The maximum atomic E-state index is 9.00. The number of hydrogen-bond acceptors (Lipinski definition) is 5. The van der Waals surface area contributed by atoms with Gasteiger partial charge in [-0.15, -0.1) is 0 Å². The maximum Gasteiger partial charge on any atom is 0.300 e. The van der Waals surface area contributed by atoms with Gasteiger partial charge in [-0.3, -0.25) is 10.2 Å². The monoisotopic (exact) mass is 346 g/mol. The molecule has 0 heterocycles. The molecule has 25 heavy (non-hydrogen) atoms. The van der Waals surface area contributed by atoms with Crippen LogP contribution in [0.4, 0.5) is 0 Å². The number of aliphatic carboxylic acids is 1. The molecule has 0 aromatic heterocycles. The van der Waals surface area contributed by atoms with E-state index in [0.29, 0.717) is 6.61 Å². The van der Waals surface area contributed by atoms with E-state index in [-0.39, 0.29) is 5.96 Å². The van der Waals surface area contributed by atoms with Crippen LogP contribution in [0.15, 0.2) is 65.8 Å². The zero-order valence-corrected chi connectivity index (χ0v) is 13.8. The molecule has 0 saturated carbocycles. The Labute approximate surface area is 146 Å². The molecule has 2 aromatic rings. The van der Waals surface area contributed by atoms with Crippen molar-refractivity contribution in [3.8, 4) is 0 Å². The van der Waals surface area contributed by atoms with E-state index in [2.05, 4.69) is 16.6 Å². The van der Waals surface area contributed by atoms with E-state index in [4.69, 9.17) is 25.2 Å². The Morgan fingerprint density at radius 1 is 1.12 bits per heavy atom. The first-order chi connectivity index (χ1) is 11.9. The van der Waals surface area contributed by atoms with Gasteiger partial charge in [0, 0.05) is 6.92 Å². The van der Waals surface area contributed by atoms with Gasteiger partial charge in [0.2, 0.25) is 0 Å². The average Bonchev–Trinajstić information content (AvgIpc) is 2.55. The highest BCUT2D eigenvalue weighted by Crippen LogP contribution is 2.01. The van der Waals surface area contributed by atoms with E-state index in [1.807, 2.05) is 60.7 Å². The van der Waals surface area contributed by atoms with Gasteiger partial charge >= 0.3 is 0 Å². The number of carboxylic acid groups (broad SMARTS) is 1. The first kappa shape index (κ1) is 21.6. The number of benzene rings is 2. The van der Waals surface area contributed by atoms with Crippen molar-refractivity contribution in [2.75, 3.05) is 0 Å². The molecule has 6 N–H and O–H groups in total. The Balaban J connectivity index is 0.000000609. The second kappa shape index (κ2) is 14.2. The van der Waals surface area contributed by atoms with Crippen LogP contribution in [-0.4, -0.2) is 23.2 Å². The van der Waals surface area contributed by atoms with Crippen LogP contribution in [0, 0.1) is 5.41 Å². The minimum Gasteiger partial charge on any atom is -0.481 e. The molecule has 0 radical (unpaired) electrons. The van der Waals surface area contributed by atoms with Crippen LogP contribution >= 0.6 is 0 Å². The molecule has 0 bridgehead atoms. The Kier molecular flexibility index (Phi) is 12.3. The summed E-state index contributed by atoms with van der Waals surface area (Å²) in [4.78, 5) is 18.7. The Hall–Kier alpha value is -3.39. The summed E-state index contributed by atoms with van der Waals surface area (Å²) in [5.74, 6) is -1.17. The van der Waals surface area contributed by atoms with Gasteiger partial charge in [-0.2, -0.15) is 4.89 Å². The highest BCUT2D eigenvalue weighted by atomic mass is 17.3. The molecule has 8 nitrogen and oxygen atoms in total. The number of nitrogens with two attached hydrogens (primary N) is 2. The van der Waals surface area contributed by atoms with E-state index in [9.17, 15) is 0 Å². The van der Waals surface area contributed by atoms with Gasteiger partial charge < -0.3 is 16.6 Å². The van der Waals surface area contributed by atoms with Crippen LogP contribution in [-0.2, 0) is 21.3 Å². The predicted molar refractivity (Wildman–Crippen MR) is 95.8 cm³/mol. The third kappa shape index (κ3) is 16.8. The largest absolute Gasteiger partial charge is 0.481 e. The fourth-order valence-corrected chi connectivity index (χ4v) is 1.32. The lowest BCUT2D eigenvalue weighted by atomic mass is 10.2. The highest BCUT2D eigenvalue weighted by molar-refractivity contribution is 5.78. The van der Waals surface area contributed by atoms with Crippen molar-refractivity contribution in [2.45, 2.75) is 13.5 Å². The summed E-state index contributed by atoms with van der Waals surface area (Å²) in [6, 6.07) is 19.5. The van der Waals surface area contributed by atoms with Gasteiger partial charge in [-0.1, -0.05) is 65.8 Å². The average molecular weight is 346 g/mol. The van der Waals surface area contributed by atoms with Gasteiger partial charge in [0.15, 0.2) is 5.96 Å². The normalized spacial score (nSPS) is 9.16. The van der Waals surface area contributed by atoms with Gasteiger partial charge in [0.25, 0.3) is 5.97 Å². The van der Waals surface area contributed by atoms with Crippen LogP contribution in [0.3, 0.4) is 0 Å². The number of oxime groups is 1. The van der Waals surface area contributed by atoms with E-state index in [0.717, 1.165) is 18.1 Å². The lowest BCUT2D eigenvalue weighted by Crippen LogP contribution is -2.20. The predicted octanol–water partition coefficient (Wildman–Crippen LogP) is 2.10. The summed E-state index contributed by atoms with van der Waals surface area (Å²) < 4.78 is 0. The van der Waals surface area contributed by atoms with Crippen molar-refractivity contribution in [3.63, 3.8) is 0 Å². The van der Waals surface area contributed by atoms with Crippen molar-refractivity contribution in [1.29, 1.82) is 5.41 Å². The van der Waals surface area contributed by atoms with E-state index < -0.39 is 5.97 Å². The molecule has 0 aliphatic rings. The third-order valence-electron chi connectivity index (χ3n) is 2.17. The number of carboxylic acids is 1. The van der Waals surface area contributed by atoms with E-state index in [1.54, 1.807) is 6.21 Å². The quantitative estimate of drug-likeness (QED) is 0.214. The zero-order chi connectivity index (χ0) is 18.9. The van der Waals surface area contributed by atoms with Crippen LogP contribution in [0.5, 0.6) is 0 Å². The molecule has 0 saturated heterocycles. The van der Waals surface area contributed by atoms with Gasteiger partial charge in [-0.05, 0) is 11.1 Å². The molecule has 2 rings (SSSR count). The van der Waals surface area contributed by atoms with Crippen LogP contribution < -0.4 is 11.5 Å². The van der Waals surface area contributed by atoms with Gasteiger partial charge in [-0.25, -0.2) is 4.99 Å². The zero-order valence-electron chi connectivity index (χ0n) is 13.8. The molecule has 0 aliphatic heterocycles. The summed E-state index contributed by atoms with van der Waals surface area (Å²) in [6.45, 7) is 1.47. The molecular weight excluding hydrogens is 324 g/mol. The minimum atomic E-state index is -0.833. The Bertz CT molecular complexity index is 614. The van der Waals surface area contributed by atoms with E-state index >= 15 is 0 Å². The van der Waals surface area contributed by atoms with Crippen molar-refractivity contribution in [3.05, 3.63) is 71.8 Å². The third-order valence-corrected chi connectivity index (χ3v) is 2.17. The first-order valence-corrected chi connectivity index (χ1v) is 7.11. The Morgan fingerprint density at radius 3 is 2.04 bits per heavy atom. The summed E-state index contributed by atoms with van der Waals surface area (Å²) in [5, 5.41) is 17.2. The van der Waals surface area contributed by atoms with Crippen molar-refractivity contribution >= 4 is 18.1 Å². The number of nitrogens with zero attached hydrogens (tertiary/aromatic N) is 1. The fourth-order valence-electron chi connectivity index (χ4n) is 1.32. The standard InChI is InChI=1S/C14H13NO2.C2H4O2.CH5N3/c1-3-7-13(8-4-1)11-15-17-16-12-14-9-5-2-6-10-14;1-2(3)4;2-1(3)4/h1-11H,12H2;1H3,(H,3,4);(H5,2,3,4). The second-order valence-corrected chi connectivity index (χ2v) is 4.44. The maximum absolute atomic E-state index is 9.00. The molecule has 0 atom stereocenters. The number of rotatable bonds is 5. The Morgan fingerprint density at radius 2 is 1.56 bits per heavy atom. The van der Waals surface area contributed by atoms with Crippen LogP contribution in [0.25, 0.3) is 0 Å². The lowest BCUT2D eigenvalue weighted by molar-refractivity contribution is -0.304. The minimum absolute atomic E-state index is 0.333. The van der Waals surface area contributed by atoms with Crippen molar-refractivity contribution < 1.29 is 19.8 Å². The highest BCUT2D eigenvalue weighted by Gasteiger charge is 1.91. The molecule has 0 unspecified atom stereocenters. The topological polar surface area (TPSA) is 144 Å². The number of hydrogen-bond donors (Lipinski definition) is 4. The van der Waals surface area contributed by atoms with Gasteiger partial charge in [0.1, 0.15) is 6.61 Å². The molecule has 0 aliphatic carbocycles. The fraction of sp³-hybridized carbons (Fsp3) is 0.118. The molecule has 134 valence electrons. The molecule has 0 fully saturated rings. The number of carbonyl (C=O) groups is 1. The molecule has 0 amide bonds. The lowest BCUT2D eigenvalue weighted by Gasteiger charge is -1.98. The first-order valence-electron chi connectivity index (χ1n) is 7.11. The molecular formula is C17H22N4O4. The molecule has 8 heteroatoms. The van der Waals surface area contributed by atoms with Gasteiger partial charge in [0.05, 0.1) is 6.21 Å². The summed E-state index contributed by atoms with van der Waals surface area (Å²) in [6.07, 6.45) is 1.60. The summed E-state index contributed by atoms with van der Waals surface area (Å²) >= 11 is 0. The second-order valence-electron chi connectivity index (χ2n) is 4.44. The number of guanidine groups is 1. The smallest absolute Gasteiger partial charge is 0.300 e. The summed E-state index contributed by atoms with van der Waals surface area (Å²) in [7, 11) is 0. The molecule has 0 spiro atoms. The van der Waals surface area contributed by atoms with Crippen molar-refractivity contribution in [2.24, 2.45) is 16.6 Å².